The summed E-state index contributed by atoms with van der Waals surface area (Å²) in [6.07, 6.45) is -0.687. The van der Waals surface area contributed by atoms with Crippen LogP contribution in [0.5, 0.6) is 11.5 Å². The van der Waals surface area contributed by atoms with E-state index in [1.54, 1.807) is 50.4 Å². The van der Waals surface area contributed by atoms with Crippen LogP contribution in [0.2, 0.25) is 0 Å². The first-order chi connectivity index (χ1) is 13.9. The van der Waals surface area contributed by atoms with E-state index in [1.807, 2.05) is 17.5 Å². The van der Waals surface area contributed by atoms with E-state index >= 15 is 0 Å². The SMILES string of the molecule is COc1ccc(O[C@@H](C)C(=O)Nc2nc(-c3ccc(NC(C)=O)cc3)cs2)cc1. The smallest absolute Gasteiger partial charge is 0.266 e. The third kappa shape index (κ3) is 5.55. The van der Waals surface area contributed by atoms with E-state index in [1.165, 1.54) is 18.3 Å². The minimum absolute atomic E-state index is 0.123. The summed E-state index contributed by atoms with van der Waals surface area (Å²) in [5.41, 5.74) is 2.34. The molecule has 0 unspecified atom stereocenters. The molecule has 8 heteroatoms. The van der Waals surface area contributed by atoms with Crippen LogP contribution in [0.1, 0.15) is 13.8 Å². The minimum Gasteiger partial charge on any atom is -0.497 e. The van der Waals surface area contributed by atoms with Gasteiger partial charge in [-0.1, -0.05) is 12.1 Å². The van der Waals surface area contributed by atoms with E-state index in [2.05, 4.69) is 15.6 Å². The van der Waals surface area contributed by atoms with Gasteiger partial charge in [-0.2, -0.15) is 0 Å². The second kappa shape index (κ2) is 9.20. The van der Waals surface area contributed by atoms with Crippen molar-refractivity contribution >= 4 is 34.0 Å². The zero-order chi connectivity index (χ0) is 20.8. The molecule has 0 bridgehead atoms. The minimum atomic E-state index is -0.687. The van der Waals surface area contributed by atoms with Crippen LogP contribution < -0.4 is 20.1 Å². The number of nitrogens with one attached hydrogen (secondary N) is 2. The average molecular weight is 411 g/mol. The molecule has 2 N–H and O–H groups in total. The Morgan fingerprint density at radius 2 is 1.66 bits per heavy atom. The normalized spacial score (nSPS) is 11.4. The molecule has 0 saturated carbocycles. The Labute approximate surface area is 172 Å². The molecule has 150 valence electrons. The van der Waals surface area contributed by atoms with Crippen molar-refractivity contribution in [1.82, 2.24) is 4.98 Å². The lowest BCUT2D eigenvalue weighted by molar-refractivity contribution is -0.122. The maximum atomic E-state index is 12.4. The van der Waals surface area contributed by atoms with Crippen LogP contribution in [0.4, 0.5) is 10.8 Å². The van der Waals surface area contributed by atoms with Crippen LogP contribution in [0.3, 0.4) is 0 Å². The molecule has 1 aromatic heterocycles. The largest absolute Gasteiger partial charge is 0.497 e. The van der Waals surface area contributed by atoms with Crippen LogP contribution in [0.25, 0.3) is 11.3 Å². The van der Waals surface area contributed by atoms with Gasteiger partial charge in [-0.3, -0.25) is 14.9 Å². The summed E-state index contributed by atoms with van der Waals surface area (Å²) >= 11 is 1.33. The summed E-state index contributed by atoms with van der Waals surface area (Å²) in [5, 5.41) is 7.84. The fraction of sp³-hybridized carbons (Fsp3) is 0.190. The van der Waals surface area contributed by atoms with Crippen LogP contribution in [-0.4, -0.2) is 30.0 Å². The van der Waals surface area contributed by atoms with Gasteiger partial charge in [0.15, 0.2) is 11.2 Å². The molecule has 0 saturated heterocycles. The zero-order valence-corrected chi connectivity index (χ0v) is 17.1. The van der Waals surface area contributed by atoms with Crippen molar-refractivity contribution in [3.8, 4) is 22.8 Å². The summed E-state index contributed by atoms with van der Waals surface area (Å²) in [5.74, 6) is 0.882. The number of carbonyl (C=O) groups excluding carboxylic acids is 2. The van der Waals surface area contributed by atoms with Crippen molar-refractivity contribution in [2.45, 2.75) is 20.0 Å². The monoisotopic (exact) mass is 411 g/mol. The number of amides is 2. The van der Waals surface area contributed by atoms with Crippen molar-refractivity contribution in [3.63, 3.8) is 0 Å². The molecule has 2 amide bonds. The van der Waals surface area contributed by atoms with Crippen molar-refractivity contribution in [1.29, 1.82) is 0 Å². The van der Waals surface area contributed by atoms with E-state index < -0.39 is 6.10 Å². The lowest BCUT2D eigenvalue weighted by atomic mass is 10.1. The van der Waals surface area contributed by atoms with Gasteiger partial charge in [0, 0.05) is 23.6 Å². The number of thiazole rings is 1. The van der Waals surface area contributed by atoms with E-state index in [9.17, 15) is 9.59 Å². The third-order valence-electron chi connectivity index (χ3n) is 3.98. The highest BCUT2D eigenvalue weighted by molar-refractivity contribution is 7.14. The van der Waals surface area contributed by atoms with E-state index in [0.29, 0.717) is 10.9 Å². The molecular formula is C21H21N3O4S. The Balaban J connectivity index is 1.59. The number of hydrogen-bond donors (Lipinski definition) is 2. The van der Waals surface area contributed by atoms with Crippen molar-refractivity contribution in [2.75, 3.05) is 17.7 Å². The van der Waals surface area contributed by atoms with Crippen molar-refractivity contribution in [2.24, 2.45) is 0 Å². The summed E-state index contributed by atoms with van der Waals surface area (Å²) in [7, 11) is 1.59. The van der Waals surface area contributed by atoms with Gasteiger partial charge in [-0.15, -0.1) is 11.3 Å². The van der Waals surface area contributed by atoms with Crippen LogP contribution in [-0.2, 0) is 9.59 Å². The number of hydrogen-bond acceptors (Lipinski definition) is 6. The Morgan fingerprint density at radius 1 is 1.00 bits per heavy atom. The van der Waals surface area contributed by atoms with E-state index in [0.717, 1.165) is 22.7 Å². The van der Waals surface area contributed by atoms with Gasteiger partial charge in [-0.05, 0) is 43.3 Å². The molecule has 1 atom stereocenters. The predicted molar refractivity (Wildman–Crippen MR) is 114 cm³/mol. The number of aromatic nitrogens is 1. The highest BCUT2D eigenvalue weighted by atomic mass is 32.1. The fourth-order valence-corrected chi connectivity index (χ4v) is 3.23. The molecule has 0 spiro atoms. The lowest BCUT2D eigenvalue weighted by Crippen LogP contribution is -2.30. The zero-order valence-electron chi connectivity index (χ0n) is 16.3. The number of rotatable bonds is 7. The summed E-state index contributed by atoms with van der Waals surface area (Å²) in [6.45, 7) is 3.14. The number of anilines is 2. The Bertz CT molecular complexity index is 984. The molecular weight excluding hydrogens is 390 g/mol. The van der Waals surface area contributed by atoms with Gasteiger partial charge in [0.25, 0.3) is 5.91 Å². The third-order valence-corrected chi connectivity index (χ3v) is 4.73. The maximum Gasteiger partial charge on any atom is 0.266 e. The van der Waals surface area contributed by atoms with Gasteiger partial charge in [0.2, 0.25) is 5.91 Å². The summed E-state index contributed by atoms with van der Waals surface area (Å²) in [4.78, 5) is 27.9. The highest BCUT2D eigenvalue weighted by Gasteiger charge is 2.17. The summed E-state index contributed by atoms with van der Waals surface area (Å²) < 4.78 is 10.8. The molecule has 3 aromatic rings. The molecule has 0 aliphatic rings. The molecule has 3 rings (SSSR count). The van der Waals surface area contributed by atoms with Crippen molar-refractivity contribution in [3.05, 3.63) is 53.9 Å². The number of ether oxygens (including phenoxy) is 2. The van der Waals surface area contributed by atoms with Gasteiger partial charge in [0.05, 0.1) is 12.8 Å². The molecule has 0 radical (unpaired) electrons. The molecule has 7 nitrogen and oxygen atoms in total. The van der Waals surface area contributed by atoms with Crippen LogP contribution in [0, 0.1) is 0 Å². The van der Waals surface area contributed by atoms with Gasteiger partial charge < -0.3 is 14.8 Å². The molecule has 0 aliphatic carbocycles. The predicted octanol–water partition coefficient (Wildman–Crippen LogP) is 4.18. The summed E-state index contributed by atoms with van der Waals surface area (Å²) in [6, 6.07) is 14.4. The number of benzene rings is 2. The Hall–Kier alpha value is -3.39. The highest BCUT2D eigenvalue weighted by Crippen LogP contribution is 2.26. The second-order valence-corrected chi connectivity index (χ2v) is 7.08. The van der Waals surface area contributed by atoms with Gasteiger partial charge in [0.1, 0.15) is 11.5 Å². The first-order valence-electron chi connectivity index (χ1n) is 8.89. The van der Waals surface area contributed by atoms with E-state index in [4.69, 9.17) is 9.47 Å². The van der Waals surface area contributed by atoms with Crippen LogP contribution in [0.15, 0.2) is 53.9 Å². The first-order valence-corrected chi connectivity index (χ1v) is 9.77. The molecule has 0 fully saturated rings. The van der Waals surface area contributed by atoms with Gasteiger partial charge >= 0.3 is 0 Å². The molecule has 0 aliphatic heterocycles. The fourth-order valence-electron chi connectivity index (χ4n) is 2.51. The number of nitrogens with zero attached hydrogens (tertiary/aromatic N) is 1. The first kappa shape index (κ1) is 20.3. The lowest BCUT2D eigenvalue weighted by Gasteiger charge is -2.14. The Kier molecular flexibility index (Phi) is 6.46. The molecule has 2 aromatic carbocycles. The number of methoxy groups -OCH3 is 1. The topological polar surface area (TPSA) is 89.6 Å². The van der Waals surface area contributed by atoms with Crippen molar-refractivity contribution < 1.29 is 19.1 Å². The molecule has 1 heterocycles. The second-order valence-electron chi connectivity index (χ2n) is 6.22. The maximum absolute atomic E-state index is 12.4. The average Bonchev–Trinajstić information content (AvgIpc) is 3.17. The van der Waals surface area contributed by atoms with Gasteiger partial charge in [-0.25, -0.2) is 4.98 Å². The Morgan fingerprint density at radius 3 is 2.28 bits per heavy atom. The van der Waals surface area contributed by atoms with Crippen LogP contribution >= 0.6 is 11.3 Å². The van der Waals surface area contributed by atoms with E-state index in [-0.39, 0.29) is 11.8 Å². The standard InChI is InChI=1S/C21H21N3O4S/c1-13(28-18-10-8-17(27-3)9-11-18)20(26)24-21-23-19(12-29-21)15-4-6-16(7-5-15)22-14(2)25/h4-13H,1-3H3,(H,22,25)(H,23,24,26)/t13-/m0/s1. The molecule has 29 heavy (non-hydrogen) atoms. The number of carbonyl (C=O) groups is 2. The quantitative estimate of drug-likeness (QED) is 0.609.